The minimum Gasteiger partial charge on any atom is -0.378 e. The van der Waals surface area contributed by atoms with Crippen molar-refractivity contribution in [3.05, 3.63) is 29.6 Å². The molecule has 5 nitrogen and oxygen atoms in total. The highest BCUT2D eigenvalue weighted by Gasteiger charge is 2.28. The Kier molecular flexibility index (Phi) is 6.16. The minimum atomic E-state index is -0.293. The number of piperazine rings is 1. The molecule has 0 unspecified atom stereocenters. The van der Waals surface area contributed by atoms with E-state index in [9.17, 15) is 9.18 Å². The lowest BCUT2D eigenvalue weighted by Gasteiger charge is -2.36. The number of rotatable bonds is 6. The maximum absolute atomic E-state index is 14.7. The van der Waals surface area contributed by atoms with Crippen molar-refractivity contribution in [3.63, 3.8) is 0 Å². The van der Waals surface area contributed by atoms with Gasteiger partial charge in [-0.15, -0.1) is 0 Å². The second kappa shape index (κ2) is 8.78. The van der Waals surface area contributed by atoms with Crippen LogP contribution in [0.2, 0.25) is 0 Å². The van der Waals surface area contributed by atoms with Crippen LogP contribution in [0.5, 0.6) is 0 Å². The number of piperidine rings is 1. The number of carbonyl (C=O) groups excluding carboxylic acids is 1. The number of amides is 1. The van der Waals surface area contributed by atoms with Crippen molar-refractivity contribution >= 4 is 11.6 Å². The first kappa shape index (κ1) is 19.6. The number of benzene rings is 1. The highest BCUT2D eigenvalue weighted by Crippen LogP contribution is 2.30. The van der Waals surface area contributed by atoms with E-state index >= 15 is 0 Å². The van der Waals surface area contributed by atoms with Gasteiger partial charge in [0.1, 0.15) is 5.82 Å². The van der Waals surface area contributed by atoms with Crippen molar-refractivity contribution in [1.82, 2.24) is 9.80 Å². The summed E-state index contributed by atoms with van der Waals surface area (Å²) in [5.74, 6) is 0.409. The summed E-state index contributed by atoms with van der Waals surface area (Å²) in [6, 6.07) is 4.97. The van der Waals surface area contributed by atoms with Crippen LogP contribution in [0.3, 0.4) is 0 Å². The van der Waals surface area contributed by atoms with Gasteiger partial charge in [0, 0.05) is 51.4 Å². The number of hydrogen-bond acceptors (Lipinski definition) is 4. The zero-order valence-electron chi connectivity index (χ0n) is 16.9. The first-order valence-corrected chi connectivity index (χ1v) is 10.8. The molecule has 2 aliphatic heterocycles. The number of nitrogens with zero attached hydrogens (tertiary/aromatic N) is 3. The molecule has 0 N–H and O–H groups in total. The van der Waals surface area contributed by atoms with Crippen LogP contribution in [-0.4, -0.2) is 74.2 Å². The maximum atomic E-state index is 14.7. The van der Waals surface area contributed by atoms with Gasteiger partial charge in [-0.25, -0.2) is 4.39 Å². The summed E-state index contributed by atoms with van der Waals surface area (Å²) in [5, 5.41) is 0. The molecule has 1 aromatic carbocycles. The lowest BCUT2D eigenvalue weighted by Crippen LogP contribution is -2.46. The predicted octanol–water partition coefficient (Wildman–Crippen LogP) is 3.00. The Bertz CT molecular complexity index is 678. The largest absolute Gasteiger partial charge is 0.378 e. The predicted molar refractivity (Wildman–Crippen MR) is 108 cm³/mol. The van der Waals surface area contributed by atoms with Crippen LogP contribution in [0.15, 0.2) is 18.2 Å². The van der Waals surface area contributed by atoms with E-state index in [0.717, 1.165) is 58.1 Å². The number of hydrogen-bond donors (Lipinski definition) is 0. The summed E-state index contributed by atoms with van der Waals surface area (Å²) in [7, 11) is 0. The Hall–Kier alpha value is -1.66. The Balaban J connectivity index is 1.31. The first-order chi connectivity index (χ1) is 13.6. The van der Waals surface area contributed by atoms with Crippen LogP contribution in [0.1, 0.15) is 43.0 Å². The average Bonchev–Trinajstić information content (AvgIpc) is 3.57. The molecule has 1 amide bonds. The van der Waals surface area contributed by atoms with Crippen molar-refractivity contribution in [2.45, 2.75) is 38.7 Å². The molecule has 2 saturated heterocycles. The fourth-order valence-corrected chi connectivity index (χ4v) is 4.17. The molecule has 2 heterocycles. The number of ether oxygens (including phenoxy) is 1. The molecule has 1 aromatic rings. The molecule has 1 aliphatic carbocycles. The summed E-state index contributed by atoms with van der Waals surface area (Å²) in [5.41, 5.74) is 1.06. The molecule has 154 valence electrons. The fourth-order valence-electron chi connectivity index (χ4n) is 4.17. The molecule has 0 aromatic heterocycles. The summed E-state index contributed by atoms with van der Waals surface area (Å²) < 4.78 is 20.7. The quantitative estimate of drug-likeness (QED) is 0.749. The van der Waals surface area contributed by atoms with Gasteiger partial charge in [0.15, 0.2) is 0 Å². The monoisotopic (exact) mass is 389 g/mol. The third kappa shape index (κ3) is 4.66. The summed E-state index contributed by atoms with van der Waals surface area (Å²) >= 11 is 0. The fraction of sp³-hybridized carbons (Fsp3) is 0.682. The van der Waals surface area contributed by atoms with Gasteiger partial charge in [-0.05, 0) is 56.3 Å². The van der Waals surface area contributed by atoms with E-state index in [2.05, 4.69) is 16.7 Å². The normalized spacial score (nSPS) is 21.9. The Morgan fingerprint density at radius 3 is 2.39 bits per heavy atom. The SMILES string of the molecule is CCN1CCN(c2ccc(C(=O)N3CCC(OCC4CC4)CC3)cc2F)CC1. The Labute approximate surface area is 167 Å². The highest BCUT2D eigenvalue weighted by molar-refractivity contribution is 5.94. The molecule has 0 radical (unpaired) electrons. The molecule has 28 heavy (non-hydrogen) atoms. The lowest BCUT2D eigenvalue weighted by molar-refractivity contribution is 0.00410. The Morgan fingerprint density at radius 2 is 1.79 bits per heavy atom. The van der Waals surface area contributed by atoms with Gasteiger partial charge in [0.05, 0.1) is 11.8 Å². The van der Waals surface area contributed by atoms with Crippen molar-refractivity contribution in [3.8, 4) is 0 Å². The van der Waals surface area contributed by atoms with Gasteiger partial charge in [-0.3, -0.25) is 4.79 Å². The van der Waals surface area contributed by atoms with Crippen LogP contribution in [0, 0.1) is 11.7 Å². The van der Waals surface area contributed by atoms with E-state index in [4.69, 9.17) is 4.74 Å². The molecule has 6 heteroatoms. The third-order valence-electron chi connectivity index (χ3n) is 6.35. The minimum absolute atomic E-state index is 0.0677. The zero-order valence-corrected chi connectivity index (χ0v) is 16.9. The van der Waals surface area contributed by atoms with Gasteiger partial charge in [0.25, 0.3) is 5.91 Å². The molecular weight excluding hydrogens is 357 g/mol. The topological polar surface area (TPSA) is 36.0 Å². The smallest absolute Gasteiger partial charge is 0.253 e. The Morgan fingerprint density at radius 1 is 1.07 bits per heavy atom. The number of halogens is 1. The summed E-state index contributed by atoms with van der Waals surface area (Å²) in [4.78, 5) is 19.1. The van der Waals surface area contributed by atoms with Crippen LogP contribution in [-0.2, 0) is 4.74 Å². The molecule has 3 fully saturated rings. The standard InChI is InChI=1S/C22H32FN3O2/c1-2-24-11-13-25(14-12-24)21-6-5-18(15-20(21)23)22(27)26-9-7-19(8-10-26)28-16-17-3-4-17/h5-6,15,17,19H,2-4,7-14,16H2,1H3. The van der Waals surface area contributed by atoms with Crippen molar-refractivity contribution in [1.29, 1.82) is 0 Å². The van der Waals surface area contributed by atoms with E-state index in [0.29, 0.717) is 24.3 Å². The van der Waals surface area contributed by atoms with E-state index in [1.165, 1.54) is 18.9 Å². The zero-order chi connectivity index (χ0) is 19.5. The number of likely N-dealkylation sites (tertiary alicyclic amines) is 1. The average molecular weight is 390 g/mol. The third-order valence-corrected chi connectivity index (χ3v) is 6.35. The van der Waals surface area contributed by atoms with Gasteiger partial charge in [-0.2, -0.15) is 0 Å². The van der Waals surface area contributed by atoms with Crippen LogP contribution < -0.4 is 4.90 Å². The van der Waals surface area contributed by atoms with E-state index < -0.39 is 0 Å². The molecule has 0 spiro atoms. The molecule has 0 atom stereocenters. The maximum Gasteiger partial charge on any atom is 0.253 e. The molecule has 1 saturated carbocycles. The molecule has 4 rings (SSSR count). The lowest BCUT2D eigenvalue weighted by atomic mass is 10.1. The highest BCUT2D eigenvalue weighted by atomic mass is 19.1. The van der Waals surface area contributed by atoms with E-state index in [1.807, 2.05) is 4.90 Å². The number of carbonyl (C=O) groups is 1. The first-order valence-electron chi connectivity index (χ1n) is 10.8. The van der Waals surface area contributed by atoms with Crippen molar-refractivity contribution in [2.24, 2.45) is 5.92 Å². The van der Waals surface area contributed by atoms with Crippen molar-refractivity contribution in [2.75, 3.05) is 57.3 Å². The van der Waals surface area contributed by atoms with Gasteiger partial charge in [-0.1, -0.05) is 6.92 Å². The van der Waals surface area contributed by atoms with E-state index in [1.54, 1.807) is 12.1 Å². The number of anilines is 1. The molecular formula is C22H32FN3O2. The van der Waals surface area contributed by atoms with E-state index in [-0.39, 0.29) is 17.8 Å². The summed E-state index contributed by atoms with van der Waals surface area (Å²) in [6.07, 6.45) is 4.62. The van der Waals surface area contributed by atoms with Gasteiger partial charge < -0.3 is 19.4 Å². The van der Waals surface area contributed by atoms with Crippen LogP contribution in [0.4, 0.5) is 10.1 Å². The van der Waals surface area contributed by atoms with Crippen molar-refractivity contribution < 1.29 is 13.9 Å². The second-order valence-electron chi connectivity index (χ2n) is 8.36. The summed E-state index contributed by atoms with van der Waals surface area (Å²) in [6.45, 7) is 9.00. The second-order valence-corrected chi connectivity index (χ2v) is 8.36. The molecule has 0 bridgehead atoms. The van der Waals surface area contributed by atoms with Crippen LogP contribution >= 0.6 is 0 Å². The molecule has 3 aliphatic rings. The van der Waals surface area contributed by atoms with Gasteiger partial charge >= 0.3 is 0 Å². The van der Waals surface area contributed by atoms with Crippen LogP contribution in [0.25, 0.3) is 0 Å². The van der Waals surface area contributed by atoms with Gasteiger partial charge in [0.2, 0.25) is 0 Å². The number of likely N-dealkylation sites (N-methyl/N-ethyl adjacent to an activating group) is 1.